The van der Waals surface area contributed by atoms with Gasteiger partial charge < -0.3 is 4.90 Å². The number of carbonyl (C=O) groups excluding carboxylic acids is 1. The average molecular weight is 413 g/mol. The molecule has 1 unspecified atom stereocenters. The molecule has 1 amide bonds. The summed E-state index contributed by atoms with van der Waals surface area (Å²) in [6.07, 6.45) is 4.70. The second kappa shape index (κ2) is 7.92. The number of rotatable bonds is 4. The first-order valence-electron chi connectivity index (χ1n) is 10.4. The zero-order valence-electron chi connectivity index (χ0n) is 17.1. The van der Waals surface area contributed by atoms with E-state index in [0.29, 0.717) is 24.2 Å². The summed E-state index contributed by atoms with van der Waals surface area (Å²) >= 11 is 0. The van der Waals surface area contributed by atoms with E-state index in [1.807, 2.05) is 19.2 Å². The number of aryl methyl sites for hydroxylation is 2. The number of benzene rings is 2. The third-order valence-corrected chi connectivity index (χ3v) is 8.30. The highest BCUT2D eigenvalue weighted by atomic mass is 32.2. The SMILES string of the molecule is Cc1ccc(C(=O)N(C)C2CCc3ccccc32)cc1S(=O)(=O)N1CCCCC1. The molecule has 1 atom stereocenters. The van der Waals surface area contributed by atoms with E-state index in [1.165, 1.54) is 11.1 Å². The summed E-state index contributed by atoms with van der Waals surface area (Å²) in [5.41, 5.74) is 3.59. The minimum Gasteiger partial charge on any atom is -0.335 e. The van der Waals surface area contributed by atoms with Crippen LogP contribution in [0.1, 0.15) is 58.8 Å². The van der Waals surface area contributed by atoms with Crippen molar-refractivity contribution in [3.63, 3.8) is 0 Å². The van der Waals surface area contributed by atoms with Gasteiger partial charge >= 0.3 is 0 Å². The van der Waals surface area contributed by atoms with Gasteiger partial charge in [0.2, 0.25) is 10.0 Å². The molecule has 6 heteroatoms. The lowest BCUT2D eigenvalue weighted by molar-refractivity contribution is 0.0730. The highest BCUT2D eigenvalue weighted by Crippen LogP contribution is 2.35. The number of carbonyl (C=O) groups is 1. The third kappa shape index (κ3) is 3.71. The van der Waals surface area contributed by atoms with Crippen molar-refractivity contribution in [1.82, 2.24) is 9.21 Å². The Bertz CT molecular complexity index is 1030. The molecule has 0 saturated carbocycles. The summed E-state index contributed by atoms with van der Waals surface area (Å²) < 4.78 is 27.9. The maximum atomic E-state index is 13.2. The van der Waals surface area contributed by atoms with Crippen LogP contribution in [-0.2, 0) is 16.4 Å². The number of hydrogen-bond donors (Lipinski definition) is 0. The van der Waals surface area contributed by atoms with Gasteiger partial charge in [0.05, 0.1) is 10.9 Å². The first kappa shape index (κ1) is 20.1. The van der Waals surface area contributed by atoms with Gasteiger partial charge in [-0.1, -0.05) is 36.8 Å². The van der Waals surface area contributed by atoms with Crippen LogP contribution < -0.4 is 0 Å². The van der Waals surface area contributed by atoms with E-state index in [-0.39, 0.29) is 16.8 Å². The minimum absolute atomic E-state index is 0.0298. The third-order valence-electron chi connectivity index (χ3n) is 6.26. The van der Waals surface area contributed by atoms with Gasteiger partial charge in [-0.05, 0) is 61.4 Å². The Labute approximate surface area is 173 Å². The molecule has 2 aliphatic rings. The van der Waals surface area contributed by atoms with Gasteiger partial charge in [-0.15, -0.1) is 0 Å². The molecule has 1 heterocycles. The number of hydrogen-bond acceptors (Lipinski definition) is 3. The van der Waals surface area contributed by atoms with Crippen LogP contribution >= 0.6 is 0 Å². The Morgan fingerprint density at radius 1 is 1.07 bits per heavy atom. The quantitative estimate of drug-likeness (QED) is 0.765. The van der Waals surface area contributed by atoms with Crippen molar-refractivity contribution in [2.45, 2.75) is 50.0 Å². The minimum atomic E-state index is -3.58. The summed E-state index contributed by atoms with van der Waals surface area (Å²) in [4.78, 5) is 15.2. The highest BCUT2D eigenvalue weighted by molar-refractivity contribution is 7.89. The zero-order chi connectivity index (χ0) is 20.6. The van der Waals surface area contributed by atoms with E-state index in [4.69, 9.17) is 0 Å². The molecule has 29 heavy (non-hydrogen) atoms. The van der Waals surface area contributed by atoms with E-state index in [2.05, 4.69) is 12.1 Å². The van der Waals surface area contributed by atoms with E-state index in [0.717, 1.165) is 32.1 Å². The molecule has 0 aromatic heterocycles. The Hall–Kier alpha value is -2.18. The lowest BCUT2D eigenvalue weighted by Gasteiger charge is -2.28. The number of sulfonamides is 1. The van der Waals surface area contributed by atoms with Crippen LogP contribution in [0.3, 0.4) is 0 Å². The van der Waals surface area contributed by atoms with Gasteiger partial charge in [0.15, 0.2) is 0 Å². The van der Waals surface area contributed by atoms with Gasteiger partial charge in [-0.3, -0.25) is 4.79 Å². The Morgan fingerprint density at radius 3 is 2.55 bits per heavy atom. The largest absolute Gasteiger partial charge is 0.335 e. The van der Waals surface area contributed by atoms with Crippen LogP contribution in [0.15, 0.2) is 47.4 Å². The molecule has 2 aromatic carbocycles. The zero-order valence-corrected chi connectivity index (χ0v) is 17.9. The number of nitrogens with zero attached hydrogens (tertiary/aromatic N) is 2. The molecular weight excluding hydrogens is 384 g/mol. The van der Waals surface area contributed by atoms with E-state index >= 15 is 0 Å². The topological polar surface area (TPSA) is 57.7 Å². The first-order valence-corrected chi connectivity index (χ1v) is 11.8. The molecule has 0 radical (unpaired) electrons. The van der Waals surface area contributed by atoms with Crippen LogP contribution in [0.4, 0.5) is 0 Å². The fourth-order valence-corrected chi connectivity index (χ4v) is 6.31. The molecule has 0 N–H and O–H groups in total. The first-order chi connectivity index (χ1) is 13.9. The van der Waals surface area contributed by atoms with Crippen molar-refractivity contribution in [1.29, 1.82) is 0 Å². The smallest absolute Gasteiger partial charge is 0.254 e. The lowest BCUT2D eigenvalue weighted by atomic mass is 10.1. The molecule has 1 aliphatic heterocycles. The molecule has 2 aromatic rings. The van der Waals surface area contributed by atoms with Crippen molar-refractivity contribution in [3.8, 4) is 0 Å². The molecule has 154 valence electrons. The predicted molar refractivity (Wildman–Crippen MR) is 113 cm³/mol. The Balaban J connectivity index is 1.62. The highest BCUT2D eigenvalue weighted by Gasteiger charge is 2.31. The van der Waals surface area contributed by atoms with Crippen molar-refractivity contribution in [3.05, 3.63) is 64.7 Å². The van der Waals surface area contributed by atoms with E-state index in [1.54, 1.807) is 34.3 Å². The second-order valence-corrected chi connectivity index (χ2v) is 10.0. The maximum absolute atomic E-state index is 13.2. The molecular formula is C23H28N2O3S. The number of piperidine rings is 1. The Morgan fingerprint density at radius 2 is 1.79 bits per heavy atom. The molecule has 5 nitrogen and oxygen atoms in total. The van der Waals surface area contributed by atoms with Crippen LogP contribution in [-0.4, -0.2) is 43.7 Å². The van der Waals surface area contributed by atoms with Gasteiger partial charge in [-0.2, -0.15) is 4.31 Å². The summed E-state index contributed by atoms with van der Waals surface area (Å²) in [6.45, 7) is 2.90. The Kier molecular flexibility index (Phi) is 5.49. The molecule has 1 fully saturated rings. The van der Waals surface area contributed by atoms with Crippen molar-refractivity contribution in [2.75, 3.05) is 20.1 Å². The van der Waals surface area contributed by atoms with Gasteiger partial charge in [0, 0.05) is 25.7 Å². The van der Waals surface area contributed by atoms with E-state index in [9.17, 15) is 13.2 Å². The molecule has 1 saturated heterocycles. The molecule has 0 spiro atoms. The van der Waals surface area contributed by atoms with Crippen LogP contribution in [0.5, 0.6) is 0 Å². The van der Waals surface area contributed by atoms with Crippen molar-refractivity contribution in [2.24, 2.45) is 0 Å². The number of amides is 1. The second-order valence-electron chi connectivity index (χ2n) is 8.11. The van der Waals surface area contributed by atoms with Gasteiger partial charge in [0.1, 0.15) is 0 Å². The van der Waals surface area contributed by atoms with Crippen LogP contribution in [0.2, 0.25) is 0 Å². The monoisotopic (exact) mass is 412 g/mol. The summed E-state index contributed by atoms with van der Waals surface area (Å²) in [7, 11) is -1.77. The fraction of sp³-hybridized carbons (Fsp3) is 0.435. The van der Waals surface area contributed by atoms with Gasteiger partial charge in [-0.25, -0.2) is 8.42 Å². The van der Waals surface area contributed by atoms with Crippen molar-refractivity contribution >= 4 is 15.9 Å². The van der Waals surface area contributed by atoms with Crippen molar-refractivity contribution < 1.29 is 13.2 Å². The normalized spacial score (nSPS) is 19.7. The summed E-state index contributed by atoms with van der Waals surface area (Å²) in [6, 6.07) is 13.3. The summed E-state index contributed by atoms with van der Waals surface area (Å²) in [5.74, 6) is -0.137. The van der Waals surface area contributed by atoms with Gasteiger partial charge in [0.25, 0.3) is 5.91 Å². The molecule has 1 aliphatic carbocycles. The lowest BCUT2D eigenvalue weighted by Crippen LogP contribution is -2.36. The average Bonchev–Trinajstić information content (AvgIpc) is 3.17. The van der Waals surface area contributed by atoms with E-state index < -0.39 is 10.0 Å². The number of fused-ring (bicyclic) bond motifs is 1. The van der Waals surface area contributed by atoms with Crippen LogP contribution in [0.25, 0.3) is 0 Å². The summed E-state index contributed by atoms with van der Waals surface area (Å²) in [5, 5.41) is 0. The molecule has 0 bridgehead atoms. The molecule has 4 rings (SSSR count). The predicted octanol–water partition coefficient (Wildman–Crippen LogP) is 3.93. The standard InChI is InChI=1S/C23H28N2O3S/c1-17-10-11-19(16-22(17)29(27,28)25-14-6-3-7-15-25)23(26)24(2)21-13-12-18-8-4-5-9-20(18)21/h4-5,8-11,16,21H,3,6-7,12-15H2,1-2H3. The fourth-order valence-electron chi connectivity index (χ4n) is 4.54. The van der Waals surface area contributed by atoms with Crippen LogP contribution in [0, 0.1) is 6.92 Å². The maximum Gasteiger partial charge on any atom is 0.254 e.